The molecule has 2 aromatic rings. The van der Waals surface area contributed by atoms with E-state index < -0.39 is 0 Å². The Morgan fingerprint density at radius 3 is 2.73 bits per heavy atom. The molecule has 3 nitrogen and oxygen atoms in total. The summed E-state index contributed by atoms with van der Waals surface area (Å²) in [6, 6.07) is 10.2. The molecule has 4 rings (SSSR count). The molecular formula is C18H20N2OS. The van der Waals surface area contributed by atoms with E-state index in [1.54, 1.807) is 11.3 Å². The molecule has 2 saturated carbocycles. The molecular weight excluding hydrogens is 292 g/mol. The second-order valence-corrected chi connectivity index (χ2v) is 7.34. The van der Waals surface area contributed by atoms with Gasteiger partial charge in [0.05, 0.1) is 11.7 Å². The monoisotopic (exact) mass is 312 g/mol. The van der Waals surface area contributed by atoms with Crippen molar-refractivity contribution in [2.45, 2.75) is 32.2 Å². The Kier molecular flexibility index (Phi) is 3.49. The Morgan fingerprint density at radius 1 is 1.27 bits per heavy atom. The number of benzene rings is 1. The Labute approximate surface area is 134 Å². The van der Waals surface area contributed by atoms with Crippen LogP contribution in [-0.2, 0) is 4.79 Å². The van der Waals surface area contributed by atoms with Crippen molar-refractivity contribution >= 4 is 17.2 Å². The summed E-state index contributed by atoms with van der Waals surface area (Å²) in [7, 11) is 0. The zero-order valence-corrected chi connectivity index (χ0v) is 13.5. The number of rotatable bonds is 4. The summed E-state index contributed by atoms with van der Waals surface area (Å²) >= 11 is 1.62. The number of nitrogens with zero attached hydrogens (tertiary/aromatic N) is 1. The number of fused-ring (bicyclic) bond motifs is 1. The molecule has 2 aliphatic rings. The van der Waals surface area contributed by atoms with E-state index in [1.165, 1.54) is 19.3 Å². The molecule has 4 heteroatoms. The van der Waals surface area contributed by atoms with Crippen LogP contribution in [0.5, 0.6) is 0 Å². The lowest BCUT2D eigenvalue weighted by molar-refractivity contribution is -0.123. The van der Waals surface area contributed by atoms with Gasteiger partial charge >= 0.3 is 0 Å². The molecule has 4 atom stereocenters. The van der Waals surface area contributed by atoms with Gasteiger partial charge in [0.25, 0.3) is 0 Å². The van der Waals surface area contributed by atoms with Gasteiger partial charge in [-0.3, -0.25) is 4.79 Å². The molecule has 0 aliphatic heterocycles. The van der Waals surface area contributed by atoms with Crippen molar-refractivity contribution in [2.24, 2.45) is 17.8 Å². The quantitative estimate of drug-likeness (QED) is 0.926. The molecule has 1 amide bonds. The molecule has 22 heavy (non-hydrogen) atoms. The predicted octanol–water partition coefficient (Wildman–Crippen LogP) is 4.03. The van der Waals surface area contributed by atoms with E-state index in [-0.39, 0.29) is 17.9 Å². The molecule has 0 saturated heterocycles. The highest BCUT2D eigenvalue weighted by atomic mass is 32.1. The fourth-order valence-corrected chi connectivity index (χ4v) is 4.65. The Bertz CT molecular complexity index is 671. The van der Waals surface area contributed by atoms with Crippen LogP contribution < -0.4 is 5.32 Å². The summed E-state index contributed by atoms with van der Waals surface area (Å²) < 4.78 is 0. The van der Waals surface area contributed by atoms with Gasteiger partial charge in [0.15, 0.2) is 0 Å². The van der Waals surface area contributed by atoms with E-state index in [9.17, 15) is 4.79 Å². The predicted molar refractivity (Wildman–Crippen MR) is 88.4 cm³/mol. The maximum Gasteiger partial charge on any atom is 0.224 e. The molecule has 1 N–H and O–H groups in total. The van der Waals surface area contributed by atoms with Gasteiger partial charge in [-0.05, 0) is 31.6 Å². The minimum atomic E-state index is -0.00344. The zero-order valence-electron chi connectivity index (χ0n) is 12.7. The van der Waals surface area contributed by atoms with Gasteiger partial charge in [-0.15, -0.1) is 11.3 Å². The molecule has 1 heterocycles. The SMILES string of the molecule is C[C@H](NC(=O)C1[C@H]2CCC[C@@H]12)c1nc(-c2ccccc2)cs1. The molecule has 2 fully saturated rings. The van der Waals surface area contributed by atoms with Crippen molar-refractivity contribution < 1.29 is 4.79 Å². The largest absolute Gasteiger partial charge is 0.347 e. The zero-order chi connectivity index (χ0) is 15.1. The maximum atomic E-state index is 12.3. The minimum absolute atomic E-state index is 0.00344. The average Bonchev–Trinajstić information content (AvgIpc) is 2.95. The first-order valence-electron chi connectivity index (χ1n) is 8.05. The summed E-state index contributed by atoms with van der Waals surface area (Å²) in [4.78, 5) is 17.0. The smallest absolute Gasteiger partial charge is 0.224 e. The van der Waals surface area contributed by atoms with Gasteiger partial charge in [0, 0.05) is 16.9 Å². The van der Waals surface area contributed by atoms with Crippen molar-refractivity contribution in [2.75, 3.05) is 0 Å². The molecule has 114 valence electrons. The molecule has 2 aliphatic carbocycles. The second kappa shape index (κ2) is 5.51. The van der Waals surface area contributed by atoms with Gasteiger partial charge in [0.1, 0.15) is 5.01 Å². The van der Waals surface area contributed by atoms with Crippen LogP contribution in [0.1, 0.15) is 37.2 Å². The molecule has 1 aromatic carbocycles. The van der Waals surface area contributed by atoms with Gasteiger partial charge in [-0.25, -0.2) is 4.98 Å². The third-order valence-electron chi connectivity index (χ3n) is 5.03. The highest BCUT2D eigenvalue weighted by molar-refractivity contribution is 7.10. The van der Waals surface area contributed by atoms with E-state index in [0.29, 0.717) is 11.8 Å². The molecule has 0 spiro atoms. The third kappa shape index (κ3) is 2.45. The first-order chi connectivity index (χ1) is 10.7. The van der Waals surface area contributed by atoms with E-state index in [0.717, 1.165) is 16.3 Å². The Hall–Kier alpha value is -1.68. The van der Waals surface area contributed by atoms with Gasteiger partial charge < -0.3 is 5.32 Å². The first kappa shape index (κ1) is 13.9. The van der Waals surface area contributed by atoms with Crippen LogP contribution in [0.3, 0.4) is 0 Å². The highest BCUT2D eigenvalue weighted by Crippen LogP contribution is 2.57. The van der Waals surface area contributed by atoms with Crippen molar-refractivity contribution in [3.8, 4) is 11.3 Å². The summed E-state index contributed by atoms with van der Waals surface area (Å²) in [5, 5.41) is 6.21. The number of carbonyl (C=O) groups excluding carboxylic acids is 1. The summed E-state index contributed by atoms with van der Waals surface area (Å²) in [5.41, 5.74) is 2.12. The van der Waals surface area contributed by atoms with Crippen molar-refractivity contribution in [3.63, 3.8) is 0 Å². The second-order valence-electron chi connectivity index (χ2n) is 6.45. The van der Waals surface area contributed by atoms with E-state index in [1.807, 2.05) is 25.1 Å². The van der Waals surface area contributed by atoms with Crippen molar-refractivity contribution in [1.29, 1.82) is 0 Å². The summed E-state index contributed by atoms with van der Waals surface area (Å²) in [6.07, 6.45) is 3.79. The van der Waals surface area contributed by atoms with E-state index in [2.05, 4.69) is 27.8 Å². The fourth-order valence-electron chi connectivity index (χ4n) is 3.81. The number of nitrogens with one attached hydrogen (secondary N) is 1. The highest BCUT2D eigenvalue weighted by Gasteiger charge is 2.56. The van der Waals surface area contributed by atoms with Crippen LogP contribution in [0.15, 0.2) is 35.7 Å². The van der Waals surface area contributed by atoms with Crippen molar-refractivity contribution in [1.82, 2.24) is 10.3 Å². The Balaban J connectivity index is 1.42. The number of amides is 1. The normalized spacial score (nSPS) is 27.2. The Morgan fingerprint density at radius 2 is 2.00 bits per heavy atom. The van der Waals surface area contributed by atoms with E-state index in [4.69, 9.17) is 0 Å². The van der Waals surface area contributed by atoms with Crippen LogP contribution >= 0.6 is 11.3 Å². The molecule has 0 radical (unpaired) electrons. The van der Waals surface area contributed by atoms with Crippen LogP contribution in [-0.4, -0.2) is 10.9 Å². The summed E-state index contributed by atoms with van der Waals surface area (Å²) in [5.74, 6) is 1.86. The lowest BCUT2D eigenvalue weighted by atomic mass is 10.1. The number of carbonyl (C=O) groups is 1. The molecule has 0 bridgehead atoms. The van der Waals surface area contributed by atoms with Gasteiger partial charge in [0.2, 0.25) is 5.91 Å². The first-order valence-corrected chi connectivity index (χ1v) is 8.93. The van der Waals surface area contributed by atoms with Crippen LogP contribution in [0, 0.1) is 17.8 Å². The third-order valence-corrected chi connectivity index (χ3v) is 6.06. The molecule has 1 aromatic heterocycles. The number of hydrogen-bond donors (Lipinski definition) is 1. The average molecular weight is 312 g/mol. The fraction of sp³-hybridized carbons (Fsp3) is 0.444. The number of hydrogen-bond acceptors (Lipinski definition) is 3. The topological polar surface area (TPSA) is 42.0 Å². The lowest BCUT2D eigenvalue weighted by Gasteiger charge is -2.12. The lowest BCUT2D eigenvalue weighted by Crippen LogP contribution is -2.29. The van der Waals surface area contributed by atoms with E-state index >= 15 is 0 Å². The number of thiazole rings is 1. The van der Waals surface area contributed by atoms with Crippen LogP contribution in [0.2, 0.25) is 0 Å². The standard InChI is InChI=1S/C18H20N2OS/c1-11(19-17(21)16-13-8-5-9-14(13)16)18-20-15(10-22-18)12-6-3-2-4-7-12/h2-4,6-7,10-11,13-14,16H,5,8-9H2,1H3,(H,19,21)/t11-,13-,14+,16?/m0/s1. The minimum Gasteiger partial charge on any atom is -0.347 e. The van der Waals surface area contributed by atoms with Gasteiger partial charge in [-0.2, -0.15) is 0 Å². The van der Waals surface area contributed by atoms with Crippen LogP contribution in [0.4, 0.5) is 0 Å². The summed E-state index contributed by atoms with van der Waals surface area (Å²) in [6.45, 7) is 2.03. The van der Waals surface area contributed by atoms with Crippen molar-refractivity contribution in [3.05, 3.63) is 40.7 Å². The van der Waals surface area contributed by atoms with Crippen LogP contribution in [0.25, 0.3) is 11.3 Å². The maximum absolute atomic E-state index is 12.3. The number of aromatic nitrogens is 1. The van der Waals surface area contributed by atoms with Gasteiger partial charge in [-0.1, -0.05) is 36.8 Å². The molecule has 1 unspecified atom stereocenters.